The quantitative estimate of drug-likeness (QED) is 0.676. The summed E-state index contributed by atoms with van der Waals surface area (Å²) in [5, 5.41) is 13.8. The lowest BCUT2D eigenvalue weighted by atomic mass is 10.1. The maximum absolute atomic E-state index is 12.3. The van der Waals surface area contributed by atoms with Crippen molar-refractivity contribution in [2.75, 3.05) is 19.5 Å². The molecule has 2 aromatic rings. The van der Waals surface area contributed by atoms with Gasteiger partial charge in [-0.3, -0.25) is 14.9 Å². The maximum Gasteiger partial charge on any atom is 0.296 e. The van der Waals surface area contributed by atoms with E-state index < -0.39 is 10.8 Å². The van der Waals surface area contributed by atoms with Crippen molar-refractivity contribution in [3.05, 3.63) is 57.6 Å². The largest absolute Gasteiger partial charge is 0.493 e. The van der Waals surface area contributed by atoms with Crippen molar-refractivity contribution in [1.29, 1.82) is 0 Å². The van der Waals surface area contributed by atoms with Crippen molar-refractivity contribution in [2.24, 2.45) is 0 Å². The molecule has 0 atom stereocenters. The Kier molecular flexibility index (Phi) is 4.80. The van der Waals surface area contributed by atoms with Gasteiger partial charge >= 0.3 is 0 Å². The van der Waals surface area contributed by atoms with Crippen molar-refractivity contribution in [1.82, 2.24) is 0 Å². The zero-order chi connectivity index (χ0) is 17.0. The van der Waals surface area contributed by atoms with Gasteiger partial charge in [-0.05, 0) is 19.1 Å². The topological polar surface area (TPSA) is 90.7 Å². The number of nitrogens with one attached hydrogen (secondary N) is 1. The third-order valence-corrected chi connectivity index (χ3v) is 3.23. The summed E-state index contributed by atoms with van der Waals surface area (Å²) >= 11 is 0. The Labute approximate surface area is 133 Å². The highest BCUT2D eigenvalue weighted by molar-refractivity contribution is 6.05. The smallest absolute Gasteiger partial charge is 0.296 e. The lowest BCUT2D eigenvalue weighted by Crippen LogP contribution is -2.13. The maximum atomic E-state index is 12.3. The summed E-state index contributed by atoms with van der Waals surface area (Å²) in [7, 11) is 2.79. The van der Waals surface area contributed by atoms with Gasteiger partial charge in [0.25, 0.3) is 11.6 Å². The van der Waals surface area contributed by atoms with Crippen LogP contribution in [0.2, 0.25) is 0 Å². The predicted molar refractivity (Wildman–Crippen MR) is 85.3 cm³/mol. The molecule has 2 rings (SSSR count). The second kappa shape index (κ2) is 6.78. The van der Waals surface area contributed by atoms with E-state index in [-0.39, 0.29) is 22.9 Å². The average Bonchev–Trinajstić information content (AvgIpc) is 2.54. The number of nitro groups is 1. The first-order valence-corrected chi connectivity index (χ1v) is 6.74. The van der Waals surface area contributed by atoms with E-state index in [0.717, 1.165) is 5.56 Å². The molecule has 0 saturated heterocycles. The Balaban J connectivity index is 2.41. The van der Waals surface area contributed by atoms with Gasteiger partial charge in [0.15, 0.2) is 11.5 Å². The Morgan fingerprint density at radius 3 is 2.35 bits per heavy atom. The van der Waals surface area contributed by atoms with E-state index in [1.807, 2.05) is 13.0 Å². The number of hydrogen-bond acceptors (Lipinski definition) is 5. The van der Waals surface area contributed by atoms with Gasteiger partial charge in [-0.1, -0.05) is 17.7 Å². The van der Waals surface area contributed by atoms with Gasteiger partial charge in [-0.2, -0.15) is 0 Å². The third-order valence-electron chi connectivity index (χ3n) is 3.23. The van der Waals surface area contributed by atoms with Crippen molar-refractivity contribution in [2.45, 2.75) is 6.92 Å². The predicted octanol–water partition coefficient (Wildman–Crippen LogP) is 3.17. The number of nitro benzene ring substituents is 1. The van der Waals surface area contributed by atoms with E-state index in [4.69, 9.17) is 9.47 Å². The highest BCUT2D eigenvalue weighted by atomic mass is 16.6. The molecule has 0 fully saturated rings. The van der Waals surface area contributed by atoms with Crippen LogP contribution in [0.15, 0.2) is 36.4 Å². The SMILES string of the molecule is COc1cc(NC(=O)c2cccc(C)c2)c([N+](=O)[O-])cc1OC. The van der Waals surface area contributed by atoms with E-state index >= 15 is 0 Å². The molecule has 0 aliphatic carbocycles. The van der Waals surface area contributed by atoms with E-state index in [1.165, 1.54) is 26.4 Å². The number of methoxy groups -OCH3 is 2. The molecule has 120 valence electrons. The number of carbonyl (C=O) groups excluding carboxylic acids is 1. The summed E-state index contributed by atoms with van der Waals surface area (Å²) in [5.74, 6) is 0.0643. The number of rotatable bonds is 5. The van der Waals surface area contributed by atoms with Gasteiger partial charge in [-0.15, -0.1) is 0 Å². The summed E-state index contributed by atoms with van der Waals surface area (Å²) in [6, 6.07) is 9.51. The van der Waals surface area contributed by atoms with Gasteiger partial charge in [0.05, 0.1) is 25.2 Å². The van der Waals surface area contributed by atoms with Crippen LogP contribution < -0.4 is 14.8 Å². The van der Waals surface area contributed by atoms with Crippen LogP contribution in [-0.2, 0) is 0 Å². The third kappa shape index (κ3) is 3.57. The highest BCUT2D eigenvalue weighted by Crippen LogP contribution is 2.37. The molecule has 0 unspecified atom stereocenters. The van der Waals surface area contributed by atoms with Crippen molar-refractivity contribution in [3.8, 4) is 11.5 Å². The first kappa shape index (κ1) is 16.3. The molecule has 0 heterocycles. The Morgan fingerprint density at radius 1 is 1.13 bits per heavy atom. The molecule has 1 N–H and O–H groups in total. The summed E-state index contributed by atoms with van der Waals surface area (Å²) in [6.07, 6.45) is 0. The molecule has 23 heavy (non-hydrogen) atoms. The molecule has 0 aromatic heterocycles. The first-order valence-electron chi connectivity index (χ1n) is 6.74. The van der Waals surface area contributed by atoms with Gasteiger partial charge in [0, 0.05) is 11.6 Å². The summed E-state index contributed by atoms with van der Waals surface area (Å²) in [6.45, 7) is 1.86. The number of benzene rings is 2. The fraction of sp³-hybridized carbons (Fsp3) is 0.188. The average molecular weight is 316 g/mol. The highest BCUT2D eigenvalue weighted by Gasteiger charge is 2.21. The van der Waals surface area contributed by atoms with Gasteiger partial charge in [0.2, 0.25) is 0 Å². The van der Waals surface area contributed by atoms with Crippen LogP contribution in [0.5, 0.6) is 11.5 Å². The lowest BCUT2D eigenvalue weighted by Gasteiger charge is -2.11. The van der Waals surface area contributed by atoms with Crippen molar-refractivity contribution in [3.63, 3.8) is 0 Å². The molecule has 0 bridgehead atoms. The fourth-order valence-electron chi connectivity index (χ4n) is 2.10. The van der Waals surface area contributed by atoms with Crippen molar-refractivity contribution >= 4 is 17.3 Å². The number of anilines is 1. The number of nitrogens with zero attached hydrogens (tertiary/aromatic N) is 1. The molecule has 0 radical (unpaired) electrons. The monoisotopic (exact) mass is 316 g/mol. The molecule has 0 aliphatic rings. The number of aryl methyl sites for hydroxylation is 1. The molecule has 0 spiro atoms. The van der Waals surface area contributed by atoms with Gasteiger partial charge < -0.3 is 14.8 Å². The number of carbonyl (C=O) groups is 1. The molecule has 0 saturated carbocycles. The van der Waals surface area contributed by atoms with E-state index in [1.54, 1.807) is 18.2 Å². The molecule has 1 amide bonds. The van der Waals surface area contributed by atoms with Crippen LogP contribution in [0.25, 0.3) is 0 Å². The van der Waals surface area contributed by atoms with Crippen LogP contribution in [0, 0.1) is 17.0 Å². The number of hydrogen-bond donors (Lipinski definition) is 1. The van der Waals surface area contributed by atoms with Crippen molar-refractivity contribution < 1.29 is 19.2 Å². The first-order chi connectivity index (χ1) is 11.0. The summed E-state index contributed by atoms with van der Waals surface area (Å²) in [4.78, 5) is 22.9. The van der Waals surface area contributed by atoms with Crippen LogP contribution in [0.1, 0.15) is 15.9 Å². The zero-order valence-corrected chi connectivity index (χ0v) is 13.0. The van der Waals surface area contributed by atoms with Gasteiger partial charge in [0.1, 0.15) is 5.69 Å². The van der Waals surface area contributed by atoms with Gasteiger partial charge in [-0.25, -0.2) is 0 Å². The summed E-state index contributed by atoms with van der Waals surface area (Å²) < 4.78 is 10.2. The van der Waals surface area contributed by atoms with Crippen LogP contribution in [-0.4, -0.2) is 25.1 Å². The number of ether oxygens (including phenoxy) is 2. The normalized spacial score (nSPS) is 10.0. The molecule has 0 aliphatic heterocycles. The molecular formula is C16H16N2O5. The summed E-state index contributed by atoms with van der Waals surface area (Å²) in [5.41, 5.74) is 1.09. The second-order valence-electron chi connectivity index (χ2n) is 4.81. The van der Waals surface area contributed by atoms with Crippen LogP contribution in [0.4, 0.5) is 11.4 Å². The Bertz CT molecular complexity index is 758. The number of amides is 1. The molecule has 2 aromatic carbocycles. The second-order valence-corrected chi connectivity index (χ2v) is 4.81. The minimum Gasteiger partial charge on any atom is -0.493 e. The Hall–Kier alpha value is -3.09. The lowest BCUT2D eigenvalue weighted by molar-refractivity contribution is -0.384. The molecule has 7 heteroatoms. The molecular weight excluding hydrogens is 300 g/mol. The van der Waals surface area contributed by atoms with Crippen LogP contribution in [0.3, 0.4) is 0 Å². The van der Waals surface area contributed by atoms with E-state index in [2.05, 4.69) is 5.32 Å². The van der Waals surface area contributed by atoms with E-state index in [9.17, 15) is 14.9 Å². The fourth-order valence-corrected chi connectivity index (χ4v) is 2.10. The minimum atomic E-state index is -0.589. The zero-order valence-electron chi connectivity index (χ0n) is 13.0. The van der Waals surface area contributed by atoms with E-state index in [0.29, 0.717) is 5.56 Å². The Morgan fingerprint density at radius 2 is 1.78 bits per heavy atom. The molecule has 7 nitrogen and oxygen atoms in total. The van der Waals surface area contributed by atoms with Crippen LogP contribution >= 0.6 is 0 Å². The standard InChI is InChI=1S/C16H16N2O5/c1-10-5-4-6-11(7-10)16(19)17-12-8-14(22-2)15(23-3)9-13(12)18(20)21/h4-9H,1-3H3,(H,17,19). The minimum absolute atomic E-state index is 0.0409.